The first-order valence-corrected chi connectivity index (χ1v) is 6.54. The number of benzene rings is 1. The van der Waals surface area contributed by atoms with E-state index in [1.54, 1.807) is 0 Å². The summed E-state index contributed by atoms with van der Waals surface area (Å²) in [6.07, 6.45) is 1.21. The molecule has 1 heterocycles. The smallest absolute Gasteiger partial charge is 0.137 e. The first-order valence-electron chi connectivity index (χ1n) is 6.16. The van der Waals surface area contributed by atoms with Gasteiger partial charge in [-0.3, -0.25) is 4.90 Å². The lowest BCUT2D eigenvalue weighted by Gasteiger charge is -2.19. The highest BCUT2D eigenvalue weighted by Gasteiger charge is 2.08. The van der Waals surface area contributed by atoms with E-state index in [-0.39, 0.29) is 12.4 Å². The first kappa shape index (κ1) is 15.6. The van der Waals surface area contributed by atoms with Crippen molar-refractivity contribution in [3.63, 3.8) is 0 Å². The molecule has 3 nitrogen and oxygen atoms in total. The summed E-state index contributed by atoms with van der Waals surface area (Å²) >= 11 is 6.02. The molecule has 5 heteroatoms. The summed E-state index contributed by atoms with van der Waals surface area (Å²) in [6.45, 7) is 6.12. The van der Waals surface area contributed by atoms with E-state index in [2.05, 4.69) is 10.2 Å². The zero-order chi connectivity index (χ0) is 11.9. The fourth-order valence-corrected chi connectivity index (χ4v) is 2.16. The highest BCUT2D eigenvalue weighted by atomic mass is 35.5. The summed E-state index contributed by atoms with van der Waals surface area (Å²) in [7, 11) is 0. The van der Waals surface area contributed by atoms with Crippen LogP contribution in [0.1, 0.15) is 6.42 Å². The summed E-state index contributed by atoms with van der Waals surface area (Å²) in [5.41, 5.74) is 0. The Morgan fingerprint density at radius 2 is 2.06 bits per heavy atom. The average Bonchev–Trinajstić information content (AvgIpc) is 2.60. The quantitative estimate of drug-likeness (QED) is 0.922. The third kappa shape index (κ3) is 5.02. The lowest BCUT2D eigenvalue weighted by atomic mass is 10.3. The lowest BCUT2D eigenvalue weighted by Crippen LogP contribution is -2.31. The predicted molar refractivity (Wildman–Crippen MR) is 78.1 cm³/mol. The van der Waals surface area contributed by atoms with Crippen LogP contribution in [0.25, 0.3) is 0 Å². The molecule has 2 rings (SSSR count). The number of nitrogens with one attached hydrogen (secondary N) is 1. The highest BCUT2D eigenvalue weighted by Crippen LogP contribution is 2.22. The molecule has 1 N–H and O–H groups in total. The number of ether oxygens (including phenoxy) is 1. The van der Waals surface area contributed by atoms with Gasteiger partial charge in [-0.25, -0.2) is 0 Å². The summed E-state index contributed by atoms with van der Waals surface area (Å²) in [6, 6.07) is 7.62. The minimum absolute atomic E-state index is 0. The minimum atomic E-state index is 0. The Bertz CT molecular complexity index is 342. The van der Waals surface area contributed by atoms with Gasteiger partial charge in [-0.15, -0.1) is 12.4 Å². The van der Waals surface area contributed by atoms with Gasteiger partial charge in [0.15, 0.2) is 0 Å². The third-order valence-electron chi connectivity index (χ3n) is 2.93. The van der Waals surface area contributed by atoms with Gasteiger partial charge in [-0.05, 0) is 31.6 Å². The molecule has 0 spiro atoms. The van der Waals surface area contributed by atoms with Gasteiger partial charge in [0.2, 0.25) is 0 Å². The molecule has 102 valence electrons. The molecule has 1 aromatic carbocycles. The normalized spacial score (nSPS) is 16.7. The highest BCUT2D eigenvalue weighted by molar-refractivity contribution is 6.32. The average molecular weight is 291 g/mol. The molecule has 1 saturated heterocycles. The molecule has 0 radical (unpaired) electrons. The topological polar surface area (TPSA) is 24.5 Å². The molecule has 0 saturated carbocycles. The maximum absolute atomic E-state index is 6.02. The van der Waals surface area contributed by atoms with Crippen molar-refractivity contribution in [1.82, 2.24) is 10.2 Å². The molecule has 18 heavy (non-hydrogen) atoms. The monoisotopic (exact) mass is 290 g/mol. The van der Waals surface area contributed by atoms with Gasteiger partial charge >= 0.3 is 0 Å². The Hall–Kier alpha value is -0.480. The van der Waals surface area contributed by atoms with Gasteiger partial charge in [-0.1, -0.05) is 23.7 Å². The van der Waals surface area contributed by atoms with Crippen LogP contribution in [0.3, 0.4) is 0 Å². The zero-order valence-electron chi connectivity index (χ0n) is 10.4. The van der Waals surface area contributed by atoms with Crippen molar-refractivity contribution in [2.75, 3.05) is 39.3 Å². The van der Waals surface area contributed by atoms with Gasteiger partial charge in [0.05, 0.1) is 5.02 Å². The van der Waals surface area contributed by atoms with Gasteiger partial charge < -0.3 is 10.1 Å². The molecule has 0 amide bonds. The Morgan fingerprint density at radius 3 is 2.89 bits per heavy atom. The summed E-state index contributed by atoms with van der Waals surface area (Å²) < 4.78 is 5.69. The molecule has 0 aliphatic carbocycles. The molecule has 1 aliphatic heterocycles. The van der Waals surface area contributed by atoms with E-state index in [1.165, 1.54) is 6.42 Å². The number of hydrogen-bond acceptors (Lipinski definition) is 3. The van der Waals surface area contributed by atoms with E-state index in [9.17, 15) is 0 Å². The number of halogens is 2. The van der Waals surface area contributed by atoms with Crippen LogP contribution >= 0.6 is 24.0 Å². The number of hydrogen-bond donors (Lipinski definition) is 1. The first-order chi connectivity index (χ1) is 8.36. The fourth-order valence-electron chi connectivity index (χ4n) is 1.97. The van der Waals surface area contributed by atoms with Crippen molar-refractivity contribution in [3.05, 3.63) is 29.3 Å². The number of nitrogens with zero attached hydrogens (tertiary/aromatic N) is 1. The summed E-state index contributed by atoms with van der Waals surface area (Å²) in [5.74, 6) is 0.780. The molecule has 1 aliphatic rings. The van der Waals surface area contributed by atoms with Crippen LogP contribution in [0.4, 0.5) is 0 Å². The second-order valence-corrected chi connectivity index (χ2v) is 4.63. The van der Waals surface area contributed by atoms with Crippen LogP contribution in [0.2, 0.25) is 5.02 Å². The number of para-hydroxylation sites is 1. The second-order valence-electron chi connectivity index (χ2n) is 4.22. The third-order valence-corrected chi connectivity index (χ3v) is 3.25. The van der Waals surface area contributed by atoms with Crippen molar-refractivity contribution in [2.45, 2.75) is 6.42 Å². The van der Waals surface area contributed by atoms with E-state index < -0.39 is 0 Å². The maximum Gasteiger partial charge on any atom is 0.137 e. The Morgan fingerprint density at radius 1 is 1.22 bits per heavy atom. The van der Waals surface area contributed by atoms with Gasteiger partial charge in [0.1, 0.15) is 12.4 Å². The molecular formula is C13H20Cl2N2O. The molecule has 0 aromatic heterocycles. The van der Waals surface area contributed by atoms with Crippen LogP contribution in [0.15, 0.2) is 24.3 Å². The zero-order valence-corrected chi connectivity index (χ0v) is 12.0. The fraction of sp³-hybridized carbons (Fsp3) is 0.538. The van der Waals surface area contributed by atoms with E-state index in [0.29, 0.717) is 11.6 Å². The van der Waals surface area contributed by atoms with Crippen molar-refractivity contribution in [2.24, 2.45) is 0 Å². The Kier molecular flexibility index (Phi) is 7.44. The number of rotatable bonds is 4. The summed E-state index contributed by atoms with van der Waals surface area (Å²) in [5, 5.41) is 4.08. The van der Waals surface area contributed by atoms with E-state index in [4.69, 9.17) is 16.3 Å². The van der Waals surface area contributed by atoms with Gasteiger partial charge in [0, 0.05) is 19.6 Å². The van der Waals surface area contributed by atoms with Crippen LogP contribution in [-0.4, -0.2) is 44.2 Å². The van der Waals surface area contributed by atoms with Gasteiger partial charge in [0.25, 0.3) is 0 Å². The van der Waals surface area contributed by atoms with Crippen LogP contribution in [0, 0.1) is 0 Å². The minimum Gasteiger partial charge on any atom is -0.491 e. The largest absolute Gasteiger partial charge is 0.491 e. The van der Waals surface area contributed by atoms with E-state index >= 15 is 0 Å². The maximum atomic E-state index is 6.02. The van der Waals surface area contributed by atoms with E-state index in [1.807, 2.05) is 24.3 Å². The van der Waals surface area contributed by atoms with Crippen LogP contribution < -0.4 is 10.1 Å². The van der Waals surface area contributed by atoms with Gasteiger partial charge in [-0.2, -0.15) is 0 Å². The molecule has 0 atom stereocenters. The Labute approximate surface area is 120 Å². The Balaban J connectivity index is 0.00000162. The van der Waals surface area contributed by atoms with E-state index in [0.717, 1.165) is 38.5 Å². The molecule has 1 fully saturated rings. The molecule has 0 unspecified atom stereocenters. The predicted octanol–water partition coefficient (Wildman–Crippen LogP) is 2.44. The molecular weight excluding hydrogens is 271 g/mol. The van der Waals surface area contributed by atoms with Crippen molar-refractivity contribution < 1.29 is 4.74 Å². The molecule has 0 bridgehead atoms. The SMILES string of the molecule is Cl.Clc1ccccc1OCCN1CCCNCC1. The second kappa shape index (κ2) is 8.59. The standard InChI is InChI=1S/C13H19ClN2O.ClH/c14-12-4-1-2-5-13(12)17-11-10-16-8-3-6-15-7-9-16;/h1-2,4-5,15H,3,6-11H2;1H. The van der Waals surface area contributed by atoms with Crippen LogP contribution in [0.5, 0.6) is 5.75 Å². The van der Waals surface area contributed by atoms with Crippen molar-refractivity contribution in [3.8, 4) is 5.75 Å². The summed E-state index contributed by atoms with van der Waals surface area (Å²) in [4.78, 5) is 2.43. The van der Waals surface area contributed by atoms with Crippen LogP contribution in [-0.2, 0) is 0 Å². The molecule has 1 aromatic rings. The lowest BCUT2D eigenvalue weighted by molar-refractivity contribution is 0.218. The van der Waals surface area contributed by atoms with Crippen molar-refractivity contribution in [1.29, 1.82) is 0 Å². The van der Waals surface area contributed by atoms with Crippen molar-refractivity contribution >= 4 is 24.0 Å².